The standard InChI is InChI=1S/C25H26N4O5/c1-16-27-21(13-23(28-16)25(31)26-15-17-6-8-19(32-2)9-7-17)22-14-24(34-29-22)18-4-3-5-20(12-18)33-11-10-30/h3-9,12-13,24,30H,10-11,14-15H2,1-2H3,(H,26,31). The molecular weight excluding hydrogens is 436 g/mol. The van der Waals surface area contributed by atoms with Crippen molar-refractivity contribution in [3.8, 4) is 11.5 Å². The van der Waals surface area contributed by atoms with E-state index in [1.54, 1.807) is 20.1 Å². The summed E-state index contributed by atoms with van der Waals surface area (Å²) < 4.78 is 10.6. The van der Waals surface area contributed by atoms with Gasteiger partial charge in [-0.25, -0.2) is 9.97 Å². The number of hydrogen-bond donors (Lipinski definition) is 2. The van der Waals surface area contributed by atoms with E-state index in [0.29, 0.717) is 35.9 Å². The van der Waals surface area contributed by atoms with Crippen molar-refractivity contribution in [2.45, 2.75) is 26.0 Å². The summed E-state index contributed by atoms with van der Waals surface area (Å²) in [5, 5.41) is 16.0. The molecule has 176 valence electrons. The zero-order valence-electron chi connectivity index (χ0n) is 19.0. The van der Waals surface area contributed by atoms with Gasteiger partial charge in [0.15, 0.2) is 6.10 Å². The fourth-order valence-electron chi connectivity index (χ4n) is 3.52. The van der Waals surface area contributed by atoms with Gasteiger partial charge in [0.25, 0.3) is 5.91 Å². The molecule has 1 aliphatic rings. The molecule has 2 aromatic carbocycles. The van der Waals surface area contributed by atoms with Crippen molar-refractivity contribution in [2.24, 2.45) is 5.16 Å². The van der Waals surface area contributed by atoms with E-state index in [1.807, 2.05) is 48.5 Å². The number of amides is 1. The van der Waals surface area contributed by atoms with Crippen LogP contribution in [0.3, 0.4) is 0 Å². The number of aryl methyl sites for hydroxylation is 1. The highest BCUT2D eigenvalue weighted by atomic mass is 16.6. The van der Waals surface area contributed by atoms with Crippen LogP contribution < -0.4 is 14.8 Å². The van der Waals surface area contributed by atoms with Crippen LogP contribution in [-0.2, 0) is 11.4 Å². The Morgan fingerprint density at radius 1 is 1.15 bits per heavy atom. The molecule has 1 atom stereocenters. The molecule has 9 heteroatoms. The van der Waals surface area contributed by atoms with Crippen LogP contribution in [-0.4, -0.2) is 47.0 Å². The number of hydrogen-bond acceptors (Lipinski definition) is 8. The Kier molecular flexibility index (Phi) is 7.34. The highest BCUT2D eigenvalue weighted by molar-refractivity contribution is 6.02. The van der Waals surface area contributed by atoms with Crippen molar-refractivity contribution in [3.05, 3.63) is 82.9 Å². The second kappa shape index (κ2) is 10.8. The Labute approximate surface area is 197 Å². The lowest BCUT2D eigenvalue weighted by Gasteiger charge is -2.11. The molecule has 0 fully saturated rings. The molecule has 0 saturated carbocycles. The molecule has 9 nitrogen and oxygen atoms in total. The summed E-state index contributed by atoms with van der Waals surface area (Å²) in [6.45, 7) is 2.27. The number of ether oxygens (including phenoxy) is 2. The van der Waals surface area contributed by atoms with E-state index in [2.05, 4.69) is 20.4 Å². The van der Waals surface area contributed by atoms with E-state index in [-0.39, 0.29) is 30.9 Å². The average molecular weight is 463 g/mol. The van der Waals surface area contributed by atoms with E-state index in [0.717, 1.165) is 16.9 Å². The van der Waals surface area contributed by atoms with Gasteiger partial charge in [-0.3, -0.25) is 4.79 Å². The molecule has 4 rings (SSSR count). The molecular formula is C25H26N4O5. The lowest BCUT2D eigenvalue weighted by molar-refractivity contribution is 0.0854. The molecule has 1 amide bonds. The van der Waals surface area contributed by atoms with Crippen LogP contribution in [0.1, 0.15) is 45.7 Å². The van der Waals surface area contributed by atoms with Crippen LogP contribution in [0.5, 0.6) is 11.5 Å². The molecule has 1 aromatic heterocycles. The third kappa shape index (κ3) is 5.68. The van der Waals surface area contributed by atoms with Crippen molar-refractivity contribution in [1.82, 2.24) is 15.3 Å². The summed E-state index contributed by atoms with van der Waals surface area (Å²) in [5.41, 5.74) is 3.31. The second-order valence-electron chi connectivity index (χ2n) is 7.70. The molecule has 0 aliphatic carbocycles. The molecule has 1 aliphatic heterocycles. The van der Waals surface area contributed by atoms with E-state index >= 15 is 0 Å². The van der Waals surface area contributed by atoms with Crippen LogP contribution >= 0.6 is 0 Å². The molecule has 0 spiro atoms. The first-order valence-corrected chi connectivity index (χ1v) is 10.9. The maximum absolute atomic E-state index is 12.7. The van der Waals surface area contributed by atoms with Crippen molar-refractivity contribution < 1.29 is 24.2 Å². The fourth-order valence-corrected chi connectivity index (χ4v) is 3.52. The second-order valence-corrected chi connectivity index (χ2v) is 7.70. The molecule has 0 saturated heterocycles. The number of carbonyl (C=O) groups excluding carboxylic acids is 1. The first-order chi connectivity index (χ1) is 16.6. The SMILES string of the molecule is COc1ccc(CNC(=O)c2cc(C3=NOC(c4cccc(OCCO)c4)C3)nc(C)n2)cc1. The topological polar surface area (TPSA) is 115 Å². The minimum atomic E-state index is -0.299. The molecule has 0 radical (unpaired) electrons. The molecule has 34 heavy (non-hydrogen) atoms. The number of methoxy groups -OCH3 is 1. The van der Waals surface area contributed by atoms with Crippen LogP contribution in [0.25, 0.3) is 0 Å². The maximum atomic E-state index is 12.7. The van der Waals surface area contributed by atoms with Gasteiger partial charge in [0.1, 0.15) is 35.3 Å². The normalized spacial score (nSPS) is 14.8. The Hall–Kier alpha value is -3.98. The Morgan fingerprint density at radius 2 is 1.97 bits per heavy atom. The highest BCUT2D eigenvalue weighted by Gasteiger charge is 2.26. The zero-order chi connectivity index (χ0) is 23.9. The number of aliphatic hydroxyl groups is 1. The van der Waals surface area contributed by atoms with Crippen molar-refractivity contribution in [2.75, 3.05) is 20.3 Å². The van der Waals surface area contributed by atoms with Crippen LogP contribution in [0, 0.1) is 6.92 Å². The quantitative estimate of drug-likeness (QED) is 0.502. The number of rotatable bonds is 9. The molecule has 2 heterocycles. The Bertz CT molecular complexity index is 1180. The summed E-state index contributed by atoms with van der Waals surface area (Å²) in [4.78, 5) is 27.1. The zero-order valence-corrected chi connectivity index (χ0v) is 19.0. The van der Waals surface area contributed by atoms with Gasteiger partial charge < -0.3 is 24.7 Å². The van der Waals surface area contributed by atoms with Crippen molar-refractivity contribution in [3.63, 3.8) is 0 Å². The monoisotopic (exact) mass is 462 g/mol. The molecule has 3 aromatic rings. The first kappa shape index (κ1) is 23.2. The van der Waals surface area contributed by atoms with Gasteiger partial charge in [-0.1, -0.05) is 29.4 Å². The van der Waals surface area contributed by atoms with E-state index in [9.17, 15) is 4.79 Å². The van der Waals surface area contributed by atoms with Crippen LogP contribution in [0.2, 0.25) is 0 Å². The minimum Gasteiger partial charge on any atom is -0.497 e. The summed E-state index contributed by atoms with van der Waals surface area (Å²) in [7, 11) is 1.61. The first-order valence-electron chi connectivity index (χ1n) is 10.9. The van der Waals surface area contributed by atoms with Gasteiger partial charge in [-0.2, -0.15) is 0 Å². The number of aromatic nitrogens is 2. The average Bonchev–Trinajstić information content (AvgIpc) is 3.37. The fraction of sp³-hybridized carbons (Fsp3) is 0.280. The van der Waals surface area contributed by atoms with Crippen LogP contribution in [0.4, 0.5) is 0 Å². The van der Waals surface area contributed by atoms with Crippen molar-refractivity contribution >= 4 is 11.6 Å². The number of benzene rings is 2. The third-order valence-electron chi connectivity index (χ3n) is 5.24. The van der Waals surface area contributed by atoms with Crippen molar-refractivity contribution in [1.29, 1.82) is 0 Å². The van der Waals surface area contributed by atoms with Gasteiger partial charge in [0, 0.05) is 13.0 Å². The summed E-state index contributed by atoms with van der Waals surface area (Å²) in [6, 6.07) is 16.6. The Balaban J connectivity index is 1.42. The number of nitrogens with zero attached hydrogens (tertiary/aromatic N) is 3. The largest absolute Gasteiger partial charge is 0.497 e. The number of oxime groups is 1. The van der Waals surface area contributed by atoms with E-state index < -0.39 is 0 Å². The van der Waals surface area contributed by atoms with E-state index in [4.69, 9.17) is 19.4 Å². The van der Waals surface area contributed by atoms with Gasteiger partial charge in [-0.15, -0.1) is 0 Å². The number of nitrogens with one attached hydrogen (secondary N) is 1. The Morgan fingerprint density at radius 3 is 2.74 bits per heavy atom. The molecule has 2 N–H and O–H groups in total. The lowest BCUT2D eigenvalue weighted by atomic mass is 10.0. The minimum absolute atomic E-state index is 0.0551. The maximum Gasteiger partial charge on any atom is 0.270 e. The summed E-state index contributed by atoms with van der Waals surface area (Å²) in [5.74, 6) is 1.58. The van der Waals surface area contributed by atoms with Gasteiger partial charge in [-0.05, 0) is 48.4 Å². The smallest absolute Gasteiger partial charge is 0.270 e. The predicted octanol–water partition coefficient (Wildman–Crippen LogP) is 2.96. The summed E-state index contributed by atoms with van der Waals surface area (Å²) >= 11 is 0. The van der Waals surface area contributed by atoms with Gasteiger partial charge in [0.2, 0.25) is 0 Å². The lowest BCUT2D eigenvalue weighted by Crippen LogP contribution is -2.25. The van der Waals surface area contributed by atoms with E-state index in [1.165, 1.54) is 0 Å². The third-order valence-corrected chi connectivity index (χ3v) is 5.24. The molecule has 1 unspecified atom stereocenters. The van der Waals surface area contributed by atoms with Gasteiger partial charge >= 0.3 is 0 Å². The predicted molar refractivity (Wildman–Crippen MR) is 125 cm³/mol. The summed E-state index contributed by atoms with van der Waals surface area (Å²) in [6.07, 6.45) is 0.197. The van der Waals surface area contributed by atoms with Crippen LogP contribution in [0.15, 0.2) is 59.8 Å². The number of aliphatic hydroxyl groups excluding tert-OH is 1. The highest BCUT2D eigenvalue weighted by Crippen LogP contribution is 2.31. The number of carbonyl (C=O) groups is 1. The molecule has 0 bridgehead atoms. The van der Waals surface area contributed by atoms with Gasteiger partial charge in [0.05, 0.1) is 19.4 Å².